The van der Waals surface area contributed by atoms with E-state index in [4.69, 9.17) is 16.3 Å². The summed E-state index contributed by atoms with van der Waals surface area (Å²) in [5, 5.41) is 7.35. The molecule has 6 nitrogen and oxygen atoms in total. The van der Waals surface area contributed by atoms with Crippen molar-refractivity contribution in [3.8, 4) is 5.88 Å². The zero-order valence-electron chi connectivity index (χ0n) is 13.8. The highest BCUT2D eigenvalue weighted by molar-refractivity contribution is 6.33. The molecule has 7 heteroatoms. The number of amides is 1. The Kier molecular flexibility index (Phi) is 5.60. The average molecular weight is 337 g/mol. The van der Waals surface area contributed by atoms with Gasteiger partial charge in [0.25, 0.3) is 5.91 Å². The predicted molar refractivity (Wildman–Crippen MR) is 90.2 cm³/mol. The summed E-state index contributed by atoms with van der Waals surface area (Å²) in [5.74, 6) is 0.658. The Morgan fingerprint density at radius 1 is 1.43 bits per heavy atom. The largest absolute Gasteiger partial charge is 0.477 e. The van der Waals surface area contributed by atoms with Crippen LogP contribution in [0.5, 0.6) is 5.88 Å². The van der Waals surface area contributed by atoms with Gasteiger partial charge in [-0.3, -0.25) is 9.48 Å². The second-order valence-electron chi connectivity index (χ2n) is 5.61. The fraction of sp³-hybridized carbons (Fsp3) is 0.438. The minimum Gasteiger partial charge on any atom is -0.477 e. The summed E-state index contributed by atoms with van der Waals surface area (Å²) in [4.78, 5) is 16.5. The van der Waals surface area contributed by atoms with Crippen LogP contribution >= 0.6 is 11.6 Å². The number of aryl methyl sites for hydroxylation is 2. The number of nitrogens with zero attached hydrogens (tertiary/aromatic N) is 3. The van der Waals surface area contributed by atoms with Crippen molar-refractivity contribution in [2.75, 3.05) is 11.9 Å². The van der Waals surface area contributed by atoms with E-state index in [2.05, 4.69) is 29.2 Å². The van der Waals surface area contributed by atoms with Crippen LogP contribution in [0.25, 0.3) is 0 Å². The van der Waals surface area contributed by atoms with Gasteiger partial charge in [-0.05, 0) is 25.8 Å². The normalized spacial score (nSPS) is 10.9. The van der Waals surface area contributed by atoms with Crippen LogP contribution in [-0.2, 0) is 6.54 Å². The average Bonchev–Trinajstić information content (AvgIpc) is 2.80. The van der Waals surface area contributed by atoms with Gasteiger partial charge >= 0.3 is 0 Å². The van der Waals surface area contributed by atoms with E-state index in [9.17, 15) is 4.79 Å². The molecule has 0 fully saturated rings. The maximum Gasteiger partial charge on any atom is 0.260 e. The standard InChI is InChI=1S/C16H21ClN4O2/c1-5-21-15(17)14(11(4)20-21)16(22)19-12-6-7-13(18-8-12)23-9-10(2)3/h6-8,10H,5,9H2,1-4H3,(H,19,22). The number of anilines is 1. The summed E-state index contributed by atoms with van der Waals surface area (Å²) < 4.78 is 7.10. The van der Waals surface area contributed by atoms with E-state index in [1.807, 2.05) is 6.92 Å². The molecule has 0 bridgehead atoms. The fourth-order valence-electron chi connectivity index (χ4n) is 2.01. The van der Waals surface area contributed by atoms with Crippen LogP contribution in [0.3, 0.4) is 0 Å². The third kappa shape index (κ3) is 4.22. The Bertz CT molecular complexity index is 680. The first-order valence-electron chi connectivity index (χ1n) is 7.55. The first kappa shape index (κ1) is 17.3. The molecule has 0 aliphatic carbocycles. The quantitative estimate of drug-likeness (QED) is 0.875. The Morgan fingerprint density at radius 3 is 2.70 bits per heavy atom. The molecule has 2 aromatic heterocycles. The van der Waals surface area contributed by atoms with Gasteiger partial charge in [0, 0.05) is 12.6 Å². The number of pyridine rings is 1. The van der Waals surface area contributed by atoms with Crippen LogP contribution in [0, 0.1) is 12.8 Å². The van der Waals surface area contributed by atoms with Crippen molar-refractivity contribution in [1.29, 1.82) is 0 Å². The van der Waals surface area contributed by atoms with Crippen molar-refractivity contribution in [2.45, 2.75) is 34.2 Å². The summed E-state index contributed by atoms with van der Waals surface area (Å²) >= 11 is 6.19. The molecule has 1 amide bonds. The summed E-state index contributed by atoms with van der Waals surface area (Å²) in [7, 11) is 0. The van der Waals surface area contributed by atoms with E-state index in [0.717, 1.165) is 0 Å². The Labute approximate surface area is 140 Å². The number of halogens is 1. The van der Waals surface area contributed by atoms with Crippen molar-refractivity contribution in [3.05, 3.63) is 34.7 Å². The molecule has 23 heavy (non-hydrogen) atoms. The van der Waals surface area contributed by atoms with Crippen LogP contribution in [0.1, 0.15) is 36.8 Å². The highest BCUT2D eigenvalue weighted by Crippen LogP contribution is 2.21. The van der Waals surface area contributed by atoms with E-state index in [1.54, 1.807) is 29.9 Å². The number of hydrogen-bond acceptors (Lipinski definition) is 4. The molecule has 2 aromatic rings. The molecular formula is C16H21ClN4O2. The smallest absolute Gasteiger partial charge is 0.260 e. The van der Waals surface area contributed by atoms with Gasteiger partial charge in [-0.1, -0.05) is 25.4 Å². The SMILES string of the molecule is CCn1nc(C)c(C(=O)Nc2ccc(OCC(C)C)nc2)c1Cl. The third-order valence-electron chi connectivity index (χ3n) is 3.15. The summed E-state index contributed by atoms with van der Waals surface area (Å²) in [6, 6.07) is 3.47. The van der Waals surface area contributed by atoms with Gasteiger partial charge in [0.15, 0.2) is 0 Å². The van der Waals surface area contributed by atoms with Gasteiger partial charge in [0.1, 0.15) is 5.15 Å². The van der Waals surface area contributed by atoms with Crippen molar-refractivity contribution < 1.29 is 9.53 Å². The summed E-state index contributed by atoms with van der Waals surface area (Å²) in [6.07, 6.45) is 1.56. The van der Waals surface area contributed by atoms with Gasteiger partial charge in [-0.2, -0.15) is 5.10 Å². The summed E-state index contributed by atoms with van der Waals surface area (Å²) in [6.45, 7) is 9.02. The lowest BCUT2D eigenvalue weighted by Crippen LogP contribution is -2.13. The number of nitrogens with one attached hydrogen (secondary N) is 1. The second-order valence-corrected chi connectivity index (χ2v) is 5.97. The lowest BCUT2D eigenvalue weighted by atomic mass is 10.2. The third-order valence-corrected chi connectivity index (χ3v) is 3.53. The van der Waals surface area contributed by atoms with Crippen LogP contribution in [0.15, 0.2) is 18.3 Å². The van der Waals surface area contributed by atoms with Gasteiger partial charge in [-0.25, -0.2) is 4.98 Å². The molecule has 2 heterocycles. The second kappa shape index (κ2) is 7.46. The molecule has 0 spiro atoms. The minimum atomic E-state index is -0.301. The van der Waals surface area contributed by atoms with E-state index in [-0.39, 0.29) is 5.91 Å². The topological polar surface area (TPSA) is 69.0 Å². The molecule has 0 aliphatic rings. The molecule has 2 rings (SSSR count). The number of rotatable bonds is 6. The van der Waals surface area contributed by atoms with Gasteiger partial charge in [0.2, 0.25) is 5.88 Å². The van der Waals surface area contributed by atoms with Crippen molar-refractivity contribution >= 4 is 23.2 Å². The van der Waals surface area contributed by atoms with Crippen molar-refractivity contribution in [3.63, 3.8) is 0 Å². The zero-order valence-corrected chi connectivity index (χ0v) is 14.5. The van der Waals surface area contributed by atoms with E-state index in [1.165, 1.54) is 0 Å². The fourth-order valence-corrected chi connectivity index (χ4v) is 2.39. The van der Waals surface area contributed by atoms with E-state index >= 15 is 0 Å². The number of ether oxygens (including phenoxy) is 1. The summed E-state index contributed by atoms with van der Waals surface area (Å²) in [5.41, 5.74) is 1.56. The van der Waals surface area contributed by atoms with Crippen LogP contribution in [-0.4, -0.2) is 27.3 Å². The maximum absolute atomic E-state index is 12.4. The maximum atomic E-state index is 12.4. The van der Waals surface area contributed by atoms with Gasteiger partial charge < -0.3 is 10.1 Å². The number of aromatic nitrogens is 3. The monoisotopic (exact) mass is 336 g/mol. The van der Waals surface area contributed by atoms with Gasteiger partial charge in [0.05, 0.1) is 29.7 Å². The highest BCUT2D eigenvalue weighted by atomic mass is 35.5. The number of carbonyl (C=O) groups is 1. The Morgan fingerprint density at radius 2 is 2.17 bits per heavy atom. The molecule has 0 aromatic carbocycles. The highest BCUT2D eigenvalue weighted by Gasteiger charge is 2.19. The van der Waals surface area contributed by atoms with E-state index < -0.39 is 0 Å². The Balaban J connectivity index is 2.07. The molecule has 0 aliphatic heterocycles. The first-order chi connectivity index (χ1) is 10.9. The van der Waals surface area contributed by atoms with Crippen LogP contribution in [0.2, 0.25) is 5.15 Å². The van der Waals surface area contributed by atoms with Crippen LogP contribution < -0.4 is 10.1 Å². The molecular weight excluding hydrogens is 316 g/mol. The predicted octanol–water partition coefficient (Wildman–Crippen LogP) is 3.55. The van der Waals surface area contributed by atoms with Crippen LogP contribution in [0.4, 0.5) is 5.69 Å². The molecule has 0 radical (unpaired) electrons. The first-order valence-corrected chi connectivity index (χ1v) is 7.93. The lowest BCUT2D eigenvalue weighted by Gasteiger charge is -2.09. The van der Waals surface area contributed by atoms with E-state index in [0.29, 0.717) is 47.0 Å². The molecule has 0 atom stereocenters. The molecule has 1 N–H and O–H groups in total. The lowest BCUT2D eigenvalue weighted by molar-refractivity contribution is 0.102. The van der Waals surface area contributed by atoms with Crippen molar-refractivity contribution in [1.82, 2.24) is 14.8 Å². The van der Waals surface area contributed by atoms with Gasteiger partial charge in [-0.15, -0.1) is 0 Å². The molecule has 124 valence electrons. The number of hydrogen-bond donors (Lipinski definition) is 1. The zero-order chi connectivity index (χ0) is 17.0. The molecule has 0 unspecified atom stereocenters. The van der Waals surface area contributed by atoms with Crippen molar-refractivity contribution in [2.24, 2.45) is 5.92 Å². The molecule has 0 saturated carbocycles. The molecule has 0 saturated heterocycles. The number of carbonyl (C=O) groups excluding carboxylic acids is 1. The Hall–Kier alpha value is -2.08. The minimum absolute atomic E-state index is 0.301.